The molecule has 0 aromatic heterocycles. The zero-order valence-electron chi connectivity index (χ0n) is 11.1. The van der Waals surface area contributed by atoms with Crippen LogP contribution in [0.4, 0.5) is 5.69 Å². The molecule has 5 heteroatoms. The molecule has 0 atom stereocenters. The van der Waals surface area contributed by atoms with E-state index < -0.39 is 11.9 Å². The molecule has 0 radical (unpaired) electrons. The molecule has 0 heterocycles. The predicted molar refractivity (Wildman–Crippen MR) is 80.9 cm³/mol. The SMILES string of the molecule is Nc1ccc(C(=O)O)cc1.O=C(O)C=Cc1ccccc1. The van der Waals surface area contributed by atoms with Gasteiger partial charge in [-0.25, -0.2) is 9.59 Å². The minimum atomic E-state index is -0.931. The van der Waals surface area contributed by atoms with E-state index in [1.54, 1.807) is 18.2 Å². The highest BCUT2D eigenvalue weighted by molar-refractivity contribution is 5.87. The average molecular weight is 285 g/mol. The summed E-state index contributed by atoms with van der Waals surface area (Å²) >= 11 is 0. The highest BCUT2D eigenvalue weighted by Gasteiger charge is 1.98. The van der Waals surface area contributed by atoms with E-state index in [2.05, 4.69) is 0 Å². The molecule has 2 aromatic rings. The molecule has 2 rings (SSSR count). The number of anilines is 1. The van der Waals surface area contributed by atoms with Crippen molar-refractivity contribution in [3.63, 3.8) is 0 Å². The van der Waals surface area contributed by atoms with Gasteiger partial charge in [0, 0.05) is 11.8 Å². The number of hydrogen-bond donors (Lipinski definition) is 3. The summed E-state index contributed by atoms with van der Waals surface area (Å²) in [6.45, 7) is 0. The third kappa shape index (κ3) is 6.58. The summed E-state index contributed by atoms with van der Waals surface area (Å²) in [4.78, 5) is 20.4. The third-order valence-electron chi connectivity index (χ3n) is 2.38. The van der Waals surface area contributed by atoms with Crippen molar-refractivity contribution < 1.29 is 19.8 Å². The van der Waals surface area contributed by atoms with Gasteiger partial charge in [-0.15, -0.1) is 0 Å². The maximum absolute atomic E-state index is 10.3. The second kappa shape index (κ2) is 8.16. The molecular formula is C16H15NO4. The van der Waals surface area contributed by atoms with Crippen molar-refractivity contribution in [2.24, 2.45) is 0 Å². The second-order valence-electron chi connectivity index (χ2n) is 4.01. The van der Waals surface area contributed by atoms with Crippen LogP contribution in [0.5, 0.6) is 0 Å². The van der Waals surface area contributed by atoms with Crippen molar-refractivity contribution in [2.75, 3.05) is 5.73 Å². The number of nitrogens with two attached hydrogens (primary N) is 1. The van der Waals surface area contributed by atoms with Crippen molar-refractivity contribution >= 4 is 23.7 Å². The number of hydrogen-bond acceptors (Lipinski definition) is 3. The Morgan fingerprint density at radius 3 is 1.95 bits per heavy atom. The molecule has 2 aromatic carbocycles. The third-order valence-corrected chi connectivity index (χ3v) is 2.38. The number of rotatable bonds is 3. The molecule has 21 heavy (non-hydrogen) atoms. The van der Waals surface area contributed by atoms with Gasteiger partial charge in [0.1, 0.15) is 0 Å². The standard InChI is InChI=1S/C9H8O2.C7H7NO2/c10-9(11)7-6-8-4-2-1-3-5-8;8-6-3-1-5(2-4-6)7(9)10/h1-7H,(H,10,11);1-4H,8H2,(H,9,10). The van der Waals surface area contributed by atoms with E-state index in [1.165, 1.54) is 12.1 Å². The number of carboxylic acids is 2. The van der Waals surface area contributed by atoms with E-state index in [4.69, 9.17) is 15.9 Å². The number of aromatic carboxylic acids is 1. The topological polar surface area (TPSA) is 101 Å². The maximum Gasteiger partial charge on any atom is 0.335 e. The van der Waals surface area contributed by atoms with Crippen molar-refractivity contribution in [3.8, 4) is 0 Å². The Labute approximate surface area is 122 Å². The molecule has 0 saturated carbocycles. The first kappa shape index (κ1) is 16.0. The molecule has 0 aliphatic rings. The van der Waals surface area contributed by atoms with E-state index in [1.807, 2.05) is 30.3 Å². The highest BCUT2D eigenvalue weighted by atomic mass is 16.4. The summed E-state index contributed by atoms with van der Waals surface area (Å²) in [6, 6.07) is 15.4. The first-order valence-electron chi connectivity index (χ1n) is 6.04. The van der Waals surface area contributed by atoms with Gasteiger partial charge >= 0.3 is 11.9 Å². The lowest BCUT2D eigenvalue weighted by Gasteiger charge is -1.93. The summed E-state index contributed by atoms with van der Waals surface area (Å²) in [5.41, 5.74) is 7.06. The van der Waals surface area contributed by atoms with Gasteiger partial charge in [-0.2, -0.15) is 0 Å². The van der Waals surface area contributed by atoms with E-state index >= 15 is 0 Å². The molecule has 0 saturated heterocycles. The first-order valence-corrected chi connectivity index (χ1v) is 6.04. The zero-order valence-corrected chi connectivity index (χ0v) is 11.1. The van der Waals surface area contributed by atoms with Gasteiger partial charge in [0.2, 0.25) is 0 Å². The monoisotopic (exact) mass is 285 g/mol. The molecule has 0 spiro atoms. The molecule has 108 valence electrons. The number of benzene rings is 2. The Balaban J connectivity index is 0.000000211. The average Bonchev–Trinajstić information content (AvgIpc) is 2.47. The normalized spacial score (nSPS) is 9.71. The van der Waals surface area contributed by atoms with Crippen LogP contribution in [0.2, 0.25) is 0 Å². The van der Waals surface area contributed by atoms with Crippen LogP contribution >= 0.6 is 0 Å². The smallest absolute Gasteiger partial charge is 0.335 e. The minimum absolute atomic E-state index is 0.259. The van der Waals surface area contributed by atoms with Crippen LogP contribution in [-0.2, 0) is 4.79 Å². The van der Waals surface area contributed by atoms with E-state index in [-0.39, 0.29) is 5.56 Å². The number of carbonyl (C=O) groups is 2. The molecular weight excluding hydrogens is 270 g/mol. The Hall–Kier alpha value is -3.08. The van der Waals surface area contributed by atoms with Gasteiger partial charge in [0.15, 0.2) is 0 Å². The van der Waals surface area contributed by atoms with Gasteiger partial charge in [-0.3, -0.25) is 0 Å². The number of carboxylic acid groups (broad SMARTS) is 2. The van der Waals surface area contributed by atoms with Crippen molar-refractivity contribution in [1.29, 1.82) is 0 Å². The highest BCUT2D eigenvalue weighted by Crippen LogP contribution is 2.04. The van der Waals surface area contributed by atoms with Gasteiger partial charge in [0.25, 0.3) is 0 Å². The molecule has 5 nitrogen and oxygen atoms in total. The molecule has 0 unspecified atom stereocenters. The summed E-state index contributed by atoms with van der Waals surface area (Å²) in [5, 5.41) is 16.7. The molecule has 0 aliphatic carbocycles. The van der Waals surface area contributed by atoms with Crippen molar-refractivity contribution in [1.82, 2.24) is 0 Å². The fraction of sp³-hybridized carbons (Fsp3) is 0. The first-order chi connectivity index (χ1) is 9.99. The Bertz CT molecular complexity index is 618. The van der Waals surface area contributed by atoms with Crippen LogP contribution in [0.15, 0.2) is 60.7 Å². The van der Waals surface area contributed by atoms with Gasteiger partial charge in [-0.05, 0) is 35.9 Å². The number of nitrogen functional groups attached to an aromatic ring is 1. The summed E-state index contributed by atoms with van der Waals surface area (Å²) in [6.07, 6.45) is 2.68. The molecule has 0 aliphatic heterocycles. The molecule has 4 N–H and O–H groups in total. The minimum Gasteiger partial charge on any atom is -0.478 e. The predicted octanol–water partition coefficient (Wildman–Crippen LogP) is 2.75. The summed E-state index contributed by atoms with van der Waals surface area (Å²) in [7, 11) is 0. The van der Waals surface area contributed by atoms with Crippen LogP contribution in [-0.4, -0.2) is 22.2 Å². The van der Waals surface area contributed by atoms with Crippen LogP contribution in [0.25, 0.3) is 6.08 Å². The summed E-state index contributed by atoms with van der Waals surface area (Å²) in [5.74, 6) is -1.85. The lowest BCUT2D eigenvalue weighted by Crippen LogP contribution is -1.95. The second-order valence-corrected chi connectivity index (χ2v) is 4.01. The van der Waals surface area contributed by atoms with E-state index in [0.29, 0.717) is 5.69 Å². The quantitative estimate of drug-likeness (QED) is 0.594. The molecule has 0 fully saturated rings. The fourth-order valence-electron chi connectivity index (χ4n) is 1.36. The Morgan fingerprint density at radius 2 is 1.48 bits per heavy atom. The number of aliphatic carboxylic acids is 1. The Morgan fingerprint density at radius 1 is 0.905 bits per heavy atom. The van der Waals surface area contributed by atoms with E-state index in [0.717, 1.165) is 11.6 Å². The zero-order chi connectivity index (χ0) is 15.7. The van der Waals surface area contributed by atoms with Gasteiger partial charge in [0.05, 0.1) is 5.56 Å². The Kier molecular flexibility index (Phi) is 6.21. The maximum atomic E-state index is 10.3. The fourth-order valence-corrected chi connectivity index (χ4v) is 1.36. The largest absolute Gasteiger partial charge is 0.478 e. The lowest BCUT2D eigenvalue weighted by atomic mass is 10.2. The van der Waals surface area contributed by atoms with Gasteiger partial charge < -0.3 is 15.9 Å². The summed E-state index contributed by atoms with van der Waals surface area (Å²) < 4.78 is 0. The molecule has 0 amide bonds. The van der Waals surface area contributed by atoms with Crippen LogP contribution in [0, 0.1) is 0 Å². The molecule has 0 bridgehead atoms. The van der Waals surface area contributed by atoms with Crippen molar-refractivity contribution in [2.45, 2.75) is 0 Å². The lowest BCUT2D eigenvalue weighted by molar-refractivity contribution is -0.131. The van der Waals surface area contributed by atoms with Crippen LogP contribution < -0.4 is 5.73 Å². The van der Waals surface area contributed by atoms with E-state index in [9.17, 15) is 9.59 Å². The van der Waals surface area contributed by atoms with Crippen LogP contribution in [0.3, 0.4) is 0 Å². The van der Waals surface area contributed by atoms with Crippen LogP contribution in [0.1, 0.15) is 15.9 Å². The van der Waals surface area contributed by atoms with Crippen molar-refractivity contribution in [3.05, 3.63) is 71.8 Å². The van der Waals surface area contributed by atoms with Gasteiger partial charge in [-0.1, -0.05) is 30.3 Å².